The highest BCUT2D eigenvalue weighted by Crippen LogP contribution is 2.23. The Morgan fingerprint density at radius 3 is 1.34 bits per heavy atom. The van der Waals surface area contributed by atoms with E-state index in [2.05, 4.69) is 24.1 Å². The van der Waals surface area contributed by atoms with Gasteiger partial charge in [-0.2, -0.15) is 15.0 Å². The molecule has 1 fully saturated rings. The third kappa shape index (κ3) is 20.9. The fraction of sp³-hybridized carbons (Fsp3) is 0.912. The van der Waals surface area contributed by atoms with Crippen LogP contribution in [0, 0.1) is 0 Å². The first-order valence-electron chi connectivity index (χ1n) is 17.8. The van der Waals surface area contributed by atoms with E-state index in [1.807, 2.05) is 11.8 Å². The largest absolute Gasteiger partial charge is 0.353 e. The summed E-state index contributed by atoms with van der Waals surface area (Å²) >= 11 is 3.62. The quantitative estimate of drug-likeness (QED) is 0.0718. The maximum absolute atomic E-state index is 4.82. The van der Waals surface area contributed by atoms with E-state index in [1.165, 1.54) is 161 Å². The van der Waals surface area contributed by atoms with Crippen molar-refractivity contribution in [1.82, 2.24) is 19.9 Å². The van der Waals surface area contributed by atoms with Gasteiger partial charge in [-0.15, -0.1) is 0 Å². The minimum Gasteiger partial charge on any atom is -0.353 e. The summed E-state index contributed by atoms with van der Waals surface area (Å²) in [7, 11) is 0. The average Bonchev–Trinajstić information content (AvgIpc) is 3.50. The Morgan fingerprint density at radius 1 is 0.537 bits per heavy atom. The Balaban J connectivity index is 1.55. The lowest BCUT2D eigenvalue weighted by Crippen LogP contribution is -2.26. The van der Waals surface area contributed by atoms with Gasteiger partial charge in [0.05, 0.1) is 0 Å². The Morgan fingerprint density at radius 2 is 0.927 bits per heavy atom. The molecule has 1 saturated heterocycles. The van der Waals surface area contributed by atoms with Gasteiger partial charge in [0, 0.05) is 24.6 Å². The highest BCUT2D eigenvalue weighted by Gasteiger charge is 2.12. The smallest absolute Gasteiger partial charge is 0.227 e. The second-order valence-electron chi connectivity index (χ2n) is 12.1. The van der Waals surface area contributed by atoms with E-state index in [9.17, 15) is 0 Å². The van der Waals surface area contributed by atoms with Crippen molar-refractivity contribution in [3.05, 3.63) is 0 Å². The fourth-order valence-corrected chi connectivity index (χ4v) is 7.28. The first kappa shape index (κ1) is 36.7. The van der Waals surface area contributed by atoms with Crippen LogP contribution in [-0.4, -0.2) is 57.5 Å². The van der Waals surface area contributed by atoms with Gasteiger partial charge in [-0.25, -0.2) is 0 Å². The van der Waals surface area contributed by atoms with Crippen LogP contribution in [0.25, 0.3) is 0 Å². The topological polar surface area (TPSA) is 53.9 Å². The van der Waals surface area contributed by atoms with Gasteiger partial charge in [-0.1, -0.05) is 159 Å². The highest BCUT2D eigenvalue weighted by molar-refractivity contribution is 7.99. The van der Waals surface area contributed by atoms with E-state index < -0.39 is 0 Å². The van der Waals surface area contributed by atoms with Crippen molar-refractivity contribution in [3.8, 4) is 0 Å². The summed E-state index contributed by atoms with van der Waals surface area (Å²) in [5, 5.41) is 5.30. The average molecular weight is 608 g/mol. The molecule has 0 bridgehead atoms. The number of unbranched alkanes of at least 4 members (excludes halogenated alkanes) is 19. The lowest BCUT2D eigenvalue weighted by Gasteiger charge is -2.15. The molecular weight excluding hydrogens is 543 g/mol. The number of anilines is 1. The summed E-state index contributed by atoms with van der Waals surface area (Å²) in [6.45, 7) is 9.03. The van der Waals surface area contributed by atoms with Crippen molar-refractivity contribution in [3.63, 3.8) is 0 Å². The van der Waals surface area contributed by atoms with Crippen LogP contribution in [0.1, 0.15) is 162 Å². The van der Waals surface area contributed by atoms with Crippen LogP contribution in [0.3, 0.4) is 0 Å². The lowest BCUT2D eigenvalue weighted by molar-refractivity contribution is 0.352. The number of nitrogens with one attached hydrogen (secondary N) is 1. The molecule has 0 saturated carbocycles. The molecule has 0 unspecified atom stereocenters. The second-order valence-corrected chi connectivity index (χ2v) is 14.2. The van der Waals surface area contributed by atoms with E-state index in [1.54, 1.807) is 11.8 Å². The molecule has 1 aromatic heterocycles. The van der Waals surface area contributed by atoms with Crippen molar-refractivity contribution in [2.45, 2.75) is 172 Å². The number of aromatic nitrogens is 3. The molecular formula is C34H65N5S2. The van der Waals surface area contributed by atoms with Crippen LogP contribution in [0.15, 0.2) is 10.3 Å². The molecule has 0 atom stereocenters. The lowest BCUT2D eigenvalue weighted by atomic mass is 10.0. The van der Waals surface area contributed by atoms with Gasteiger partial charge >= 0.3 is 0 Å². The van der Waals surface area contributed by atoms with E-state index in [0.717, 1.165) is 40.9 Å². The van der Waals surface area contributed by atoms with E-state index in [0.29, 0.717) is 0 Å². The molecule has 0 radical (unpaired) electrons. The van der Waals surface area contributed by atoms with Crippen LogP contribution < -0.4 is 5.32 Å². The number of rotatable bonds is 29. The maximum atomic E-state index is 4.82. The monoisotopic (exact) mass is 607 g/mol. The molecule has 2 heterocycles. The van der Waals surface area contributed by atoms with Gasteiger partial charge in [-0.3, -0.25) is 0 Å². The molecule has 0 amide bonds. The van der Waals surface area contributed by atoms with Crippen LogP contribution >= 0.6 is 23.5 Å². The SMILES string of the molecule is CCCCCCCCCCCCCCCCCCSc1nc(NCCN2CCCC2)nc(SCCCCCCC)n1. The summed E-state index contributed by atoms with van der Waals surface area (Å²) in [6, 6.07) is 0. The zero-order valence-electron chi connectivity index (χ0n) is 27.1. The van der Waals surface area contributed by atoms with Gasteiger partial charge < -0.3 is 10.2 Å². The summed E-state index contributed by atoms with van der Waals surface area (Å²) in [5.74, 6) is 2.98. The van der Waals surface area contributed by atoms with Gasteiger partial charge in [0.15, 0.2) is 10.3 Å². The Hall–Kier alpha value is -0.530. The van der Waals surface area contributed by atoms with Crippen molar-refractivity contribution >= 4 is 29.5 Å². The molecule has 2 rings (SSSR count). The molecule has 1 aromatic rings. The molecule has 0 spiro atoms. The molecule has 0 aliphatic carbocycles. The fourth-order valence-electron chi connectivity index (χ4n) is 5.56. The zero-order chi connectivity index (χ0) is 29.1. The Labute approximate surface area is 263 Å². The zero-order valence-corrected chi connectivity index (χ0v) is 28.7. The van der Waals surface area contributed by atoms with Gasteiger partial charge in [0.2, 0.25) is 5.95 Å². The molecule has 1 aliphatic heterocycles. The van der Waals surface area contributed by atoms with Crippen LogP contribution in [0.5, 0.6) is 0 Å². The Kier molecular flexibility index (Phi) is 24.2. The molecule has 238 valence electrons. The minimum absolute atomic E-state index is 0.766. The Bertz CT molecular complexity index is 714. The minimum atomic E-state index is 0.766. The molecule has 5 nitrogen and oxygen atoms in total. The van der Waals surface area contributed by atoms with Crippen molar-refractivity contribution in [1.29, 1.82) is 0 Å². The number of hydrogen-bond donors (Lipinski definition) is 1. The summed E-state index contributed by atoms with van der Waals surface area (Å²) in [4.78, 5) is 16.9. The van der Waals surface area contributed by atoms with Gasteiger partial charge in [-0.05, 0) is 38.8 Å². The summed E-state index contributed by atoms with van der Waals surface area (Å²) < 4.78 is 0. The highest BCUT2D eigenvalue weighted by atomic mass is 32.2. The van der Waals surface area contributed by atoms with Crippen LogP contribution in [-0.2, 0) is 0 Å². The first-order valence-corrected chi connectivity index (χ1v) is 19.8. The van der Waals surface area contributed by atoms with Crippen LogP contribution in [0.2, 0.25) is 0 Å². The predicted molar refractivity (Wildman–Crippen MR) is 184 cm³/mol. The van der Waals surface area contributed by atoms with Gasteiger partial charge in [0.1, 0.15) is 0 Å². The molecule has 0 aromatic carbocycles. The normalized spacial score (nSPS) is 13.8. The maximum Gasteiger partial charge on any atom is 0.227 e. The molecule has 1 N–H and O–H groups in total. The number of thioether (sulfide) groups is 2. The number of likely N-dealkylation sites (tertiary alicyclic amines) is 1. The third-order valence-electron chi connectivity index (χ3n) is 8.21. The van der Waals surface area contributed by atoms with Crippen molar-refractivity contribution in [2.24, 2.45) is 0 Å². The number of nitrogens with zero attached hydrogens (tertiary/aromatic N) is 4. The second kappa shape index (κ2) is 27.0. The van der Waals surface area contributed by atoms with Gasteiger partial charge in [0.25, 0.3) is 0 Å². The van der Waals surface area contributed by atoms with Crippen molar-refractivity contribution < 1.29 is 0 Å². The van der Waals surface area contributed by atoms with E-state index >= 15 is 0 Å². The molecule has 1 aliphatic rings. The number of hydrogen-bond acceptors (Lipinski definition) is 7. The van der Waals surface area contributed by atoms with E-state index in [4.69, 9.17) is 15.0 Å². The predicted octanol–water partition coefficient (Wildman–Crippen LogP) is 10.8. The van der Waals surface area contributed by atoms with Crippen LogP contribution in [0.4, 0.5) is 5.95 Å². The standard InChI is InChI=1S/C34H65N5S2/c1-3-5-7-9-10-11-12-13-14-15-16-17-18-19-21-25-31-41-34-37-32(35-26-29-39-27-22-23-28-39)36-33(38-34)40-30-24-20-8-6-4-2/h3-31H2,1-2H3,(H,35,36,37,38). The molecule has 41 heavy (non-hydrogen) atoms. The first-order chi connectivity index (χ1) is 20.3. The van der Waals surface area contributed by atoms with Crippen molar-refractivity contribution in [2.75, 3.05) is 43.0 Å². The van der Waals surface area contributed by atoms with E-state index in [-0.39, 0.29) is 0 Å². The summed E-state index contributed by atoms with van der Waals surface area (Å²) in [5.41, 5.74) is 0. The third-order valence-corrected chi connectivity index (χ3v) is 10.1. The summed E-state index contributed by atoms with van der Waals surface area (Å²) in [6.07, 6.45) is 31.9. The molecule has 7 heteroatoms.